The molecule has 2 aromatic rings. The van der Waals surface area contributed by atoms with Crippen molar-refractivity contribution in [1.29, 1.82) is 0 Å². The number of hydrogen-bond acceptors (Lipinski definition) is 1. The second-order valence-corrected chi connectivity index (χ2v) is 7.89. The lowest BCUT2D eigenvalue weighted by molar-refractivity contribution is -0.152. The Morgan fingerprint density at radius 3 is 2.92 bits per heavy atom. The van der Waals surface area contributed by atoms with E-state index in [1.165, 1.54) is 35.0 Å². The van der Waals surface area contributed by atoms with Gasteiger partial charge in [0.15, 0.2) is 0 Å². The molecule has 1 aromatic carbocycles. The minimum Gasteiger partial charge on any atom is -0.356 e. The summed E-state index contributed by atoms with van der Waals surface area (Å²) >= 11 is 0. The zero-order chi connectivity index (χ0) is 16.9. The summed E-state index contributed by atoms with van der Waals surface area (Å²) in [6.07, 6.45) is 5.48. The summed E-state index contributed by atoms with van der Waals surface area (Å²) < 4.78 is 0. The molecule has 3 heterocycles. The molecule has 1 fully saturated rings. The predicted molar refractivity (Wildman–Crippen MR) is 97.9 cm³/mol. The fourth-order valence-corrected chi connectivity index (χ4v) is 5.21. The second kappa shape index (κ2) is 5.65. The molecule has 3 heteroatoms. The summed E-state index contributed by atoms with van der Waals surface area (Å²) in [5.74, 6) is 1.03. The van der Waals surface area contributed by atoms with Crippen molar-refractivity contribution in [3.05, 3.63) is 35.5 Å². The molecule has 128 valence electrons. The third kappa shape index (κ3) is 2.06. The number of benzene rings is 1. The molecule has 1 N–H and O–H groups in total. The number of aryl methyl sites for hydroxylation is 1. The van der Waals surface area contributed by atoms with Crippen LogP contribution in [0.4, 0.5) is 0 Å². The van der Waals surface area contributed by atoms with Crippen LogP contribution in [0.15, 0.2) is 24.3 Å². The topological polar surface area (TPSA) is 36.1 Å². The van der Waals surface area contributed by atoms with E-state index in [1.807, 2.05) is 0 Å². The van der Waals surface area contributed by atoms with Crippen LogP contribution in [-0.4, -0.2) is 22.3 Å². The van der Waals surface area contributed by atoms with E-state index in [1.54, 1.807) is 0 Å². The minimum atomic E-state index is -0.190. The lowest BCUT2D eigenvalue weighted by Crippen LogP contribution is -2.58. The standard InChI is InChI=1S/C21H28N2O/c1-4-8-15-13-14(2)20(24)23-12-7-10-17-16-9-5-6-11-18(16)22-19(17)21(15,23)3/h5-6,9,11,14-15,22H,4,7-8,10,12-13H2,1-3H3/t14-,15+,21+/m0/s1. The number of rotatable bonds is 2. The van der Waals surface area contributed by atoms with E-state index in [9.17, 15) is 4.79 Å². The van der Waals surface area contributed by atoms with Crippen molar-refractivity contribution >= 4 is 16.8 Å². The summed E-state index contributed by atoms with van der Waals surface area (Å²) in [5.41, 5.74) is 3.77. The van der Waals surface area contributed by atoms with Gasteiger partial charge in [0.1, 0.15) is 0 Å². The first-order valence-corrected chi connectivity index (χ1v) is 9.49. The van der Waals surface area contributed by atoms with E-state index in [0.29, 0.717) is 11.8 Å². The highest BCUT2D eigenvalue weighted by molar-refractivity contribution is 5.87. The molecule has 4 rings (SSSR count). The number of aromatic nitrogens is 1. The van der Waals surface area contributed by atoms with Gasteiger partial charge in [0, 0.05) is 29.1 Å². The maximum absolute atomic E-state index is 13.0. The molecule has 3 nitrogen and oxygen atoms in total. The van der Waals surface area contributed by atoms with Crippen LogP contribution >= 0.6 is 0 Å². The molecule has 0 unspecified atom stereocenters. The summed E-state index contributed by atoms with van der Waals surface area (Å²) in [5, 5.41) is 1.34. The fraction of sp³-hybridized carbons (Fsp3) is 0.571. The number of piperidine rings is 1. The molecule has 0 aliphatic carbocycles. The smallest absolute Gasteiger partial charge is 0.226 e. The van der Waals surface area contributed by atoms with Crippen LogP contribution in [0.5, 0.6) is 0 Å². The van der Waals surface area contributed by atoms with Gasteiger partial charge in [-0.2, -0.15) is 0 Å². The molecule has 24 heavy (non-hydrogen) atoms. The molecule has 1 aromatic heterocycles. The van der Waals surface area contributed by atoms with E-state index in [0.717, 1.165) is 25.8 Å². The van der Waals surface area contributed by atoms with Crippen LogP contribution in [0, 0.1) is 11.8 Å². The average molecular weight is 324 g/mol. The maximum atomic E-state index is 13.0. The Bertz CT molecular complexity index is 777. The quantitative estimate of drug-likeness (QED) is 0.860. The second-order valence-electron chi connectivity index (χ2n) is 7.89. The molecule has 3 atom stereocenters. The first-order valence-electron chi connectivity index (χ1n) is 9.49. The molecule has 0 spiro atoms. The third-order valence-electron chi connectivity index (χ3n) is 6.45. The number of H-pyrrole nitrogens is 1. The van der Waals surface area contributed by atoms with Crippen LogP contribution in [0.3, 0.4) is 0 Å². The van der Waals surface area contributed by atoms with Gasteiger partial charge in [0.05, 0.1) is 5.54 Å². The highest BCUT2D eigenvalue weighted by Gasteiger charge is 2.51. The van der Waals surface area contributed by atoms with E-state index in [-0.39, 0.29) is 11.5 Å². The Balaban J connectivity index is 1.94. The van der Waals surface area contributed by atoms with E-state index >= 15 is 0 Å². The molecular weight excluding hydrogens is 296 g/mol. The van der Waals surface area contributed by atoms with Gasteiger partial charge < -0.3 is 9.88 Å². The molecule has 0 radical (unpaired) electrons. The Morgan fingerprint density at radius 1 is 1.33 bits per heavy atom. The average Bonchev–Trinajstić information content (AvgIpc) is 2.88. The van der Waals surface area contributed by atoms with E-state index in [4.69, 9.17) is 0 Å². The highest BCUT2D eigenvalue weighted by atomic mass is 16.2. The lowest BCUT2D eigenvalue weighted by atomic mass is 9.70. The first kappa shape index (κ1) is 15.7. The molecule has 0 saturated carbocycles. The highest BCUT2D eigenvalue weighted by Crippen LogP contribution is 2.49. The number of para-hydroxylation sites is 1. The number of nitrogens with zero attached hydrogens (tertiary/aromatic N) is 1. The van der Waals surface area contributed by atoms with Crippen molar-refractivity contribution < 1.29 is 4.79 Å². The zero-order valence-electron chi connectivity index (χ0n) is 15.1. The summed E-state index contributed by atoms with van der Waals surface area (Å²) in [4.78, 5) is 18.9. The Labute approximate surface area is 144 Å². The first-order chi connectivity index (χ1) is 11.6. The monoisotopic (exact) mass is 324 g/mol. The normalized spacial score (nSPS) is 30.1. The zero-order valence-corrected chi connectivity index (χ0v) is 15.1. The lowest BCUT2D eigenvalue weighted by Gasteiger charge is -2.51. The van der Waals surface area contributed by atoms with Crippen LogP contribution in [0.1, 0.15) is 57.7 Å². The number of hydrogen-bond donors (Lipinski definition) is 1. The van der Waals surface area contributed by atoms with Gasteiger partial charge in [0.2, 0.25) is 5.91 Å². The largest absolute Gasteiger partial charge is 0.356 e. The van der Waals surface area contributed by atoms with Gasteiger partial charge >= 0.3 is 0 Å². The third-order valence-corrected chi connectivity index (χ3v) is 6.45. The van der Waals surface area contributed by atoms with Crippen molar-refractivity contribution in [2.24, 2.45) is 11.8 Å². The van der Waals surface area contributed by atoms with Gasteiger partial charge in [-0.1, -0.05) is 38.5 Å². The number of aromatic amines is 1. The Morgan fingerprint density at radius 2 is 2.12 bits per heavy atom. The van der Waals surface area contributed by atoms with Gasteiger partial charge in [-0.15, -0.1) is 0 Å². The Hall–Kier alpha value is -1.77. The number of amides is 1. The van der Waals surface area contributed by atoms with Gasteiger partial charge in [0.25, 0.3) is 0 Å². The molecule has 2 aliphatic heterocycles. The number of carbonyl (C=O) groups is 1. The van der Waals surface area contributed by atoms with Gasteiger partial charge in [-0.05, 0) is 50.2 Å². The van der Waals surface area contributed by atoms with Gasteiger partial charge in [-0.25, -0.2) is 0 Å². The molecule has 1 amide bonds. The van der Waals surface area contributed by atoms with Crippen LogP contribution < -0.4 is 0 Å². The molecular formula is C21H28N2O. The van der Waals surface area contributed by atoms with Crippen molar-refractivity contribution in [1.82, 2.24) is 9.88 Å². The van der Waals surface area contributed by atoms with Crippen molar-refractivity contribution in [2.45, 2.75) is 58.4 Å². The molecule has 2 aliphatic rings. The van der Waals surface area contributed by atoms with Gasteiger partial charge in [-0.3, -0.25) is 4.79 Å². The summed E-state index contributed by atoms with van der Waals surface area (Å²) in [6.45, 7) is 7.58. The molecule has 0 bridgehead atoms. The fourth-order valence-electron chi connectivity index (χ4n) is 5.21. The van der Waals surface area contributed by atoms with Crippen LogP contribution in [-0.2, 0) is 16.8 Å². The minimum absolute atomic E-state index is 0.153. The van der Waals surface area contributed by atoms with Crippen molar-refractivity contribution in [2.75, 3.05) is 6.54 Å². The SMILES string of the molecule is CCC[C@@H]1C[C@H](C)C(=O)N2CCCc3c([nH]c4ccccc34)[C@@]12C. The van der Waals surface area contributed by atoms with E-state index < -0.39 is 0 Å². The maximum Gasteiger partial charge on any atom is 0.226 e. The number of fused-ring (bicyclic) bond motifs is 5. The Kier molecular flexibility index (Phi) is 3.70. The summed E-state index contributed by atoms with van der Waals surface area (Å²) in [7, 11) is 0. The predicted octanol–water partition coefficient (Wildman–Crippen LogP) is 4.61. The van der Waals surface area contributed by atoms with Crippen LogP contribution in [0.25, 0.3) is 10.9 Å². The van der Waals surface area contributed by atoms with Crippen LogP contribution in [0.2, 0.25) is 0 Å². The van der Waals surface area contributed by atoms with E-state index in [2.05, 4.69) is 54.9 Å². The van der Waals surface area contributed by atoms with Crippen molar-refractivity contribution in [3.63, 3.8) is 0 Å². The summed E-state index contributed by atoms with van der Waals surface area (Å²) in [6, 6.07) is 8.61. The van der Waals surface area contributed by atoms with Crippen molar-refractivity contribution in [3.8, 4) is 0 Å². The number of carbonyl (C=O) groups excluding carboxylic acids is 1. The molecule has 1 saturated heterocycles. The number of nitrogens with one attached hydrogen (secondary N) is 1.